The van der Waals surface area contributed by atoms with Crippen molar-refractivity contribution in [1.82, 2.24) is 21.0 Å². The Balaban J connectivity index is 1.12. The maximum Gasteiger partial charge on any atom is 0.534 e. The SMILES string of the molecule is O=C(CCCC[C@@H]1SC[C@@H]2NC(=O)N[C@@H]21)NCCOCCOC(=O)ON1C(=O)CCC1=O. The third-order valence-electron chi connectivity index (χ3n) is 5.27. The molecule has 0 radical (unpaired) electrons. The van der Waals surface area contributed by atoms with Crippen molar-refractivity contribution >= 4 is 41.7 Å². The van der Waals surface area contributed by atoms with Crippen molar-refractivity contribution in [2.75, 3.05) is 32.1 Å². The zero-order valence-corrected chi connectivity index (χ0v) is 18.4. The van der Waals surface area contributed by atoms with E-state index >= 15 is 0 Å². The summed E-state index contributed by atoms with van der Waals surface area (Å²) in [5, 5.41) is 9.44. The second-order valence-electron chi connectivity index (χ2n) is 7.60. The van der Waals surface area contributed by atoms with Crippen molar-refractivity contribution in [2.24, 2.45) is 0 Å². The number of urea groups is 1. The zero-order valence-electron chi connectivity index (χ0n) is 17.6. The van der Waals surface area contributed by atoms with Crippen LogP contribution in [0.15, 0.2) is 0 Å². The lowest BCUT2D eigenvalue weighted by Crippen LogP contribution is -2.36. The van der Waals surface area contributed by atoms with Crippen LogP contribution in [0.2, 0.25) is 0 Å². The number of nitrogens with one attached hydrogen (secondary N) is 3. The van der Waals surface area contributed by atoms with Gasteiger partial charge in [-0.3, -0.25) is 19.2 Å². The molecule has 0 aromatic rings. The third-order valence-corrected chi connectivity index (χ3v) is 6.78. The average Bonchev–Trinajstić information content (AvgIpc) is 3.40. The first-order chi connectivity index (χ1) is 15.4. The third kappa shape index (κ3) is 6.99. The quantitative estimate of drug-likeness (QED) is 0.155. The topological polar surface area (TPSA) is 152 Å². The molecule has 12 nitrogen and oxygen atoms in total. The number of carbonyl (C=O) groups excluding carboxylic acids is 5. The van der Waals surface area contributed by atoms with Gasteiger partial charge in [-0.25, -0.2) is 9.59 Å². The van der Waals surface area contributed by atoms with Gasteiger partial charge in [0.2, 0.25) is 5.91 Å². The van der Waals surface area contributed by atoms with Crippen molar-refractivity contribution < 1.29 is 38.3 Å². The minimum absolute atomic E-state index is 0.0127. The Morgan fingerprint density at radius 2 is 1.84 bits per heavy atom. The van der Waals surface area contributed by atoms with Crippen LogP contribution >= 0.6 is 11.8 Å². The average molecular weight is 473 g/mol. The summed E-state index contributed by atoms with van der Waals surface area (Å²) in [5.74, 6) is -0.283. The maximum absolute atomic E-state index is 11.9. The number of ether oxygens (including phenoxy) is 2. The minimum atomic E-state index is -1.15. The number of hydrogen-bond donors (Lipinski definition) is 3. The van der Waals surface area contributed by atoms with E-state index in [1.165, 1.54) is 0 Å². The summed E-state index contributed by atoms with van der Waals surface area (Å²) in [4.78, 5) is 61.8. The highest BCUT2D eigenvalue weighted by Gasteiger charge is 2.42. The number of amides is 5. The molecule has 0 spiro atoms. The number of hydroxylamine groups is 2. The summed E-state index contributed by atoms with van der Waals surface area (Å²) in [6.45, 7) is 0.557. The summed E-state index contributed by atoms with van der Waals surface area (Å²) < 4.78 is 9.97. The Bertz CT molecular complexity index is 720. The van der Waals surface area contributed by atoms with Crippen LogP contribution in [-0.4, -0.2) is 84.4 Å². The van der Waals surface area contributed by atoms with E-state index in [4.69, 9.17) is 9.47 Å². The largest absolute Gasteiger partial charge is 0.534 e. The number of rotatable bonds is 12. The predicted molar refractivity (Wildman–Crippen MR) is 111 cm³/mol. The molecule has 0 unspecified atom stereocenters. The minimum Gasteiger partial charge on any atom is -0.430 e. The molecule has 5 amide bonds. The molecule has 3 aliphatic heterocycles. The van der Waals surface area contributed by atoms with E-state index in [9.17, 15) is 24.0 Å². The summed E-state index contributed by atoms with van der Waals surface area (Å²) in [6.07, 6.45) is 1.97. The first-order valence-electron chi connectivity index (χ1n) is 10.7. The van der Waals surface area contributed by atoms with Gasteiger partial charge in [-0.05, 0) is 12.8 Å². The van der Waals surface area contributed by atoms with Crippen LogP contribution < -0.4 is 16.0 Å². The molecule has 0 bridgehead atoms. The van der Waals surface area contributed by atoms with Gasteiger partial charge in [0.25, 0.3) is 11.8 Å². The van der Waals surface area contributed by atoms with Crippen LogP contribution in [0.25, 0.3) is 0 Å². The van der Waals surface area contributed by atoms with Gasteiger partial charge in [0, 0.05) is 36.8 Å². The van der Waals surface area contributed by atoms with E-state index in [0.717, 1.165) is 25.0 Å². The Morgan fingerprint density at radius 1 is 1.06 bits per heavy atom. The van der Waals surface area contributed by atoms with E-state index < -0.39 is 18.0 Å². The van der Waals surface area contributed by atoms with E-state index in [2.05, 4.69) is 20.8 Å². The smallest absolute Gasteiger partial charge is 0.430 e. The molecule has 13 heteroatoms. The van der Waals surface area contributed by atoms with Gasteiger partial charge in [-0.1, -0.05) is 11.5 Å². The normalized spacial score (nSPS) is 24.2. The van der Waals surface area contributed by atoms with Crippen molar-refractivity contribution in [3.8, 4) is 0 Å². The first-order valence-corrected chi connectivity index (χ1v) is 11.7. The summed E-state index contributed by atoms with van der Waals surface area (Å²) in [5.41, 5.74) is 0. The molecule has 178 valence electrons. The second kappa shape index (κ2) is 11.9. The highest BCUT2D eigenvalue weighted by molar-refractivity contribution is 8.00. The van der Waals surface area contributed by atoms with Crippen LogP contribution in [0.4, 0.5) is 9.59 Å². The van der Waals surface area contributed by atoms with Gasteiger partial charge >= 0.3 is 12.2 Å². The standard InChI is InChI=1S/C19H28N4O8S/c24-14(4-2-1-3-13-17-12(11-32-13)21-18(27)22-17)20-7-8-29-9-10-30-19(28)31-23-15(25)5-6-16(23)26/h12-13,17H,1-11H2,(H,20,24)(H2,21,22,27)/t12-,13-,17-/m0/s1. The number of thioether (sulfide) groups is 1. The van der Waals surface area contributed by atoms with E-state index in [0.29, 0.717) is 23.3 Å². The van der Waals surface area contributed by atoms with Crippen LogP contribution in [-0.2, 0) is 28.7 Å². The number of unbranched alkanes of at least 4 members (excludes halogenated alkanes) is 1. The lowest BCUT2D eigenvalue weighted by molar-refractivity contribution is -0.177. The molecule has 3 heterocycles. The monoisotopic (exact) mass is 472 g/mol. The number of nitrogens with zero attached hydrogens (tertiary/aromatic N) is 1. The first kappa shape index (κ1) is 24.1. The van der Waals surface area contributed by atoms with Gasteiger partial charge in [-0.15, -0.1) is 0 Å². The molecule has 0 aliphatic carbocycles. The maximum atomic E-state index is 11.9. The number of carbonyl (C=O) groups is 5. The summed E-state index contributed by atoms with van der Waals surface area (Å²) >= 11 is 1.86. The van der Waals surface area contributed by atoms with Gasteiger partial charge in [0.15, 0.2) is 0 Å². The van der Waals surface area contributed by atoms with Gasteiger partial charge in [0.05, 0.1) is 25.3 Å². The van der Waals surface area contributed by atoms with Gasteiger partial charge in [0.1, 0.15) is 6.61 Å². The van der Waals surface area contributed by atoms with E-state index in [1.807, 2.05) is 11.8 Å². The van der Waals surface area contributed by atoms with Crippen LogP contribution in [0.5, 0.6) is 0 Å². The highest BCUT2D eigenvalue weighted by Crippen LogP contribution is 2.33. The predicted octanol–water partition coefficient (Wildman–Crippen LogP) is 0.0622. The van der Waals surface area contributed by atoms with Gasteiger partial charge < -0.3 is 25.4 Å². The summed E-state index contributed by atoms with van der Waals surface area (Å²) in [6, 6.07) is 0.318. The molecule has 0 saturated carbocycles. The van der Waals surface area contributed by atoms with E-state index in [-0.39, 0.29) is 56.7 Å². The number of hydrogen-bond acceptors (Lipinski definition) is 9. The van der Waals surface area contributed by atoms with E-state index in [1.54, 1.807) is 0 Å². The number of imide groups is 1. The molecule has 32 heavy (non-hydrogen) atoms. The van der Waals surface area contributed by atoms with Crippen molar-refractivity contribution in [3.05, 3.63) is 0 Å². The fraction of sp³-hybridized carbons (Fsp3) is 0.737. The Kier molecular flexibility index (Phi) is 8.97. The molecule has 3 rings (SSSR count). The molecule has 3 aliphatic rings. The molecule has 0 aromatic heterocycles. The molecular formula is C19H28N4O8S. The number of fused-ring (bicyclic) bond motifs is 1. The molecule has 3 atom stereocenters. The Hall–Kier alpha value is -2.54. The zero-order chi connectivity index (χ0) is 22.9. The van der Waals surface area contributed by atoms with Crippen LogP contribution in [0.1, 0.15) is 38.5 Å². The Morgan fingerprint density at radius 3 is 2.62 bits per heavy atom. The lowest BCUT2D eigenvalue weighted by atomic mass is 10.0. The molecule has 0 aromatic carbocycles. The van der Waals surface area contributed by atoms with Crippen LogP contribution in [0.3, 0.4) is 0 Å². The second-order valence-corrected chi connectivity index (χ2v) is 8.87. The van der Waals surface area contributed by atoms with Crippen molar-refractivity contribution in [3.63, 3.8) is 0 Å². The molecule has 3 saturated heterocycles. The highest BCUT2D eigenvalue weighted by atomic mass is 32.2. The molecular weight excluding hydrogens is 444 g/mol. The Labute approximate surface area is 189 Å². The summed E-state index contributed by atoms with van der Waals surface area (Å²) in [7, 11) is 0. The molecule has 3 fully saturated rings. The fourth-order valence-electron chi connectivity index (χ4n) is 3.67. The fourth-order valence-corrected chi connectivity index (χ4v) is 5.21. The van der Waals surface area contributed by atoms with Crippen molar-refractivity contribution in [1.29, 1.82) is 0 Å². The van der Waals surface area contributed by atoms with Crippen molar-refractivity contribution in [2.45, 2.75) is 55.9 Å². The lowest BCUT2D eigenvalue weighted by Gasteiger charge is -2.16. The van der Waals surface area contributed by atoms with Gasteiger partial charge in [-0.2, -0.15) is 11.8 Å². The molecule has 3 N–H and O–H groups in total. The van der Waals surface area contributed by atoms with Crippen LogP contribution in [0, 0.1) is 0 Å².